The van der Waals surface area contributed by atoms with E-state index in [4.69, 9.17) is 4.74 Å². The smallest absolute Gasteiger partial charge is 0.283 e. The Morgan fingerprint density at radius 1 is 1.00 bits per heavy atom. The summed E-state index contributed by atoms with van der Waals surface area (Å²) in [5.41, 5.74) is 0. The Morgan fingerprint density at radius 2 is 1.61 bits per heavy atom. The molecule has 0 aromatic heterocycles. The van der Waals surface area contributed by atoms with E-state index < -0.39 is 10.0 Å². The van der Waals surface area contributed by atoms with Gasteiger partial charge in [-0.25, -0.2) is 0 Å². The predicted octanol–water partition coefficient (Wildman–Crippen LogP) is 5.02. The molecule has 1 aromatic rings. The number of hydrogen-bond acceptors (Lipinski definition) is 3. The molecule has 3 rings (SSSR count). The number of piperidine rings is 1. The summed E-state index contributed by atoms with van der Waals surface area (Å²) in [5, 5.41) is 0. The van der Waals surface area contributed by atoms with Gasteiger partial charge in [-0.1, -0.05) is 32.1 Å². The van der Waals surface area contributed by atoms with Crippen LogP contribution >= 0.6 is 0 Å². The fraction of sp³-hybridized carbons (Fsp3) is 0.682. The van der Waals surface area contributed by atoms with Crippen LogP contribution in [0.3, 0.4) is 0 Å². The van der Waals surface area contributed by atoms with Crippen molar-refractivity contribution >= 4 is 15.9 Å². The summed E-state index contributed by atoms with van der Waals surface area (Å²) in [6.07, 6.45) is 10.3. The highest BCUT2D eigenvalue weighted by Gasteiger charge is 2.31. The molecule has 1 saturated heterocycles. The molecule has 1 aliphatic carbocycles. The van der Waals surface area contributed by atoms with Crippen LogP contribution in [0.4, 0.5) is 0 Å². The van der Waals surface area contributed by atoms with Crippen molar-refractivity contribution in [2.24, 2.45) is 10.3 Å². The third-order valence-electron chi connectivity index (χ3n) is 6.27. The number of likely N-dealkylation sites (tertiary alicyclic amines) is 1. The van der Waals surface area contributed by atoms with Gasteiger partial charge >= 0.3 is 0 Å². The predicted molar refractivity (Wildman–Crippen MR) is 113 cm³/mol. The molecular formula is C22H34N2O3S. The monoisotopic (exact) mass is 406 g/mol. The largest absolute Gasteiger partial charge is 0.497 e. The van der Waals surface area contributed by atoms with Crippen LogP contribution in [0.15, 0.2) is 33.6 Å². The van der Waals surface area contributed by atoms with Crippen LogP contribution in [0.2, 0.25) is 0 Å². The topological polar surface area (TPSA) is 59.0 Å². The number of ether oxygens (including phenoxy) is 1. The standard InChI is InChI=1S/C22H34N2O3S/c1-17-8-7-9-18(2)24(17)22(16-19-10-5-4-6-11-19)23-28(25,26)21-14-12-20(27-3)13-15-21/h12-15,17-19H,4-11,16H2,1-3H3/t17-,18+. The third-order valence-corrected chi connectivity index (χ3v) is 7.59. The highest BCUT2D eigenvalue weighted by Crippen LogP contribution is 2.31. The van der Waals surface area contributed by atoms with Gasteiger partial charge < -0.3 is 9.64 Å². The van der Waals surface area contributed by atoms with E-state index in [9.17, 15) is 8.42 Å². The summed E-state index contributed by atoms with van der Waals surface area (Å²) < 4.78 is 35.7. The van der Waals surface area contributed by atoms with Crippen LogP contribution in [-0.2, 0) is 10.0 Å². The first-order valence-corrected chi connectivity index (χ1v) is 12.1. The fourth-order valence-electron chi connectivity index (χ4n) is 4.71. The Bertz CT molecular complexity index is 757. The van der Waals surface area contributed by atoms with Crippen molar-refractivity contribution in [2.75, 3.05) is 7.11 Å². The molecule has 1 saturated carbocycles. The molecule has 28 heavy (non-hydrogen) atoms. The Balaban J connectivity index is 1.93. The van der Waals surface area contributed by atoms with Gasteiger partial charge in [0.1, 0.15) is 11.6 Å². The number of methoxy groups -OCH3 is 1. The Hall–Kier alpha value is -1.56. The molecule has 2 fully saturated rings. The normalized spacial score (nSPS) is 25.0. The molecule has 2 atom stereocenters. The number of benzene rings is 1. The third kappa shape index (κ3) is 5.07. The van der Waals surface area contributed by atoms with E-state index in [1.54, 1.807) is 31.4 Å². The fourth-order valence-corrected chi connectivity index (χ4v) is 5.74. The molecular weight excluding hydrogens is 372 g/mol. The van der Waals surface area contributed by atoms with Crippen LogP contribution in [0.5, 0.6) is 5.75 Å². The van der Waals surface area contributed by atoms with Crippen molar-refractivity contribution in [3.05, 3.63) is 24.3 Å². The van der Waals surface area contributed by atoms with Gasteiger partial charge in [-0.2, -0.15) is 8.42 Å². The van der Waals surface area contributed by atoms with E-state index >= 15 is 0 Å². The summed E-state index contributed by atoms with van der Waals surface area (Å²) in [5.74, 6) is 1.95. The lowest BCUT2D eigenvalue weighted by Gasteiger charge is -2.42. The molecule has 0 bridgehead atoms. The van der Waals surface area contributed by atoms with Crippen molar-refractivity contribution in [2.45, 2.75) is 88.6 Å². The minimum Gasteiger partial charge on any atom is -0.497 e. The van der Waals surface area contributed by atoms with Gasteiger partial charge in [0.25, 0.3) is 10.0 Å². The molecule has 5 nitrogen and oxygen atoms in total. The Kier molecular flexibility index (Phi) is 7.02. The number of sulfonamides is 1. The highest BCUT2D eigenvalue weighted by atomic mass is 32.2. The van der Waals surface area contributed by atoms with Crippen LogP contribution in [0, 0.1) is 5.92 Å². The van der Waals surface area contributed by atoms with Gasteiger partial charge in [-0.3, -0.25) is 0 Å². The first-order valence-electron chi connectivity index (χ1n) is 10.7. The molecule has 0 N–H and O–H groups in total. The molecule has 2 aliphatic rings. The quantitative estimate of drug-likeness (QED) is 0.509. The van der Waals surface area contributed by atoms with Crippen molar-refractivity contribution in [3.63, 3.8) is 0 Å². The van der Waals surface area contributed by atoms with E-state index in [0.29, 0.717) is 23.8 Å². The van der Waals surface area contributed by atoms with E-state index in [2.05, 4.69) is 23.1 Å². The van der Waals surface area contributed by atoms with Gasteiger partial charge in [0.2, 0.25) is 0 Å². The average Bonchev–Trinajstić information content (AvgIpc) is 2.68. The molecule has 156 valence electrons. The molecule has 1 heterocycles. The average molecular weight is 407 g/mol. The number of amidine groups is 1. The zero-order valence-corrected chi connectivity index (χ0v) is 18.2. The maximum Gasteiger partial charge on any atom is 0.283 e. The maximum atomic E-state index is 13.1. The lowest BCUT2D eigenvalue weighted by molar-refractivity contribution is 0.184. The lowest BCUT2D eigenvalue weighted by atomic mass is 9.85. The first-order chi connectivity index (χ1) is 13.4. The zero-order valence-electron chi connectivity index (χ0n) is 17.4. The summed E-state index contributed by atoms with van der Waals surface area (Å²) in [6.45, 7) is 4.40. The summed E-state index contributed by atoms with van der Waals surface area (Å²) >= 11 is 0. The minimum absolute atomic E-state index is 0.228. The van der Waals surface area contributed by atoms with Gasteiger partial charge in [0.05, 0.1) is 12.0 Å². The van der Waals surface area contributed by atoms with Crippen molar-refractivity contribution < 1.29 is 13.2 Å². The Morgan fingerprint density at radius 3 is 2.18 bits per heavy atom. The molecule has 6 heteroatoms. The van der Waals surface area contributed by atoms with Crippen LogP contribution in [0.25, 0.3) is 0 Å². The molecule has 0 spiro atoms. The SMILES string of the molecule is COc1ccc(S(=O)(=O)N=C(CC2CCCCC2)N2[C@H](C)CCC[C@@H]2C)cc1. The second kappa shape index (κ2) is 9.29. The first kappa shape index (κ1) is 21.2. The van der Waals surface area contributed by atoms with Gasteiger partial charge in [0, 0.05) is 18.5 Å². The van der Waals surface area contributed by atoms with Gasteiger partial charge in [-0.15, -0.1) is 4.40 Å². The second-order valence-corrected chi connectivity index (χ2v) is 10.0. The summed E-state index contributed by atoms with van der Waals surface area (Å²) in [6, 6.07) is 7.18. The summed E-state index contributed by atoms with van der Waals surface area (Å²) in [4.78, 5) is 2.52. The molecule has 1 aromatic carbocycles. The van der Waals surface area contributed by atoms with Gasteiger partial charge in [-0.05, 0) is 63.3 Å². The molecule has 0 unspecified atom stereocenters. The van der Waals surface area contributed by atoms with E-state index in [-0.39, 0.29) is 4.90 Å². The van der Waals surface area contributed by atoms with Crippen molar-refractivity contribution in [1.29, 1.82) is 0 Å². The summed E-state index contributed by atoms with van der Waals surface area (Å²) in [7, 11) is -2.17. The Labute approximate surface area is 170 Å². The van der Waals surface area contributed by atoms with Gasteiger partial charge in [0.15, 0.2) is 0 Å². The molecule has 0 radical (unpaired) electrons. The second-order valence-electron chi connectivity index (χ2n) is 8.40. The van der Waals surface area contributed by atoms with Crippen LogP contribution in [0.1, 0.15) is 71.6 Å². The van der Waals surface area contributed by atoms with E-state index in [1.807, 2.05) is 0 Å². The minimum atomic E-state index is -3.74. The number of hydrogen-bond donors (Lipinski definition) is 0. The van der Waals surface area contributed by atoms with Crippen molar-refractivity contribution in [1.82, 2.24) is 4.90 Å². The number of nitrogens with zero attached hydrogens (tertiary/aromatic N) is 2. The van der Waals surface area contributed by atoms with Crippen LogP contribution in [-0.4, -0.2) is 38.3 Å². The number of rotatable bonds is 5. The van der Waals surface area contributed by atoms with E-state index in [1.165, 1.54) is 38.5 Å². The van der Waals surface area contributed by atoms with Crippen LogP contribution < -0.4 is 4.74 Å². The van der Waals surface area contributed by atoms with E-state index in [0.717, 1.165) is 25.1 Å². The maximum absolute atomic E-state index is 13.1. The lowest BCUT2D eigenvalue weighted by Crippen LogP contribution is -2.48. The zero-order chi connectivity index (χ0) is 20.1. The molecule has 1 aliphatic heterocycles. The highest BCUT2D eigenvalue weighted by molar-refractivity contribution is 7.90. The molecule has 0 amide bonds. The van der Waals surface area contributed by atoms with Crippen molar-refractivity contribution in [3.8, 4) is 5.75 Å².